The van der Waals surface area contributed by atoms with Gasteiger partial charge in [0.2, 0.25) is 0 Å². The summed E-state index contributed by atoms with van der Waals surface area (Å²) in [5.74, 6) is 0.876. The highest BCUT2D eigenvalue weighted by Gasteiger charge is 2.09. The molecule has 14 heavy (non-hydrogen) atoms. The number of ether oxygens (including phenoxy) is 1. The molecule has 0 aliphatic carbocycles. The van der Waals surface area contributed by atoms with Gasteiger partial charge in [-0.3, -0.25) is 0 Å². The molecule has 0 spiro atoms. The average Bonchev–Trinajstić information content (AvgIpc) is 2.19. The van der Waals surface area contributed by atoms with E-state index in [1.165, 1.54) is 0 Å². The predicted molar refractivity (Wildman–Crippen MR) is 59.8 cm³/mol. The van der Waals surface area contributed by atoms with Crippen LogP contribution in [0.4, 0.5) is 0 Å². The number of methoxy groups -OCH3 is 1. The highest BCUT2D eigenvalue weighted by atomic mass is 79.9. The number of rotatable bonds is 4. The van der Waals surface area contributed by atoms with Crippen molar-refractivity contribution in [3.05, 3.63) is 27.7 Å². The normalized spacial score (nSPS) is 9.93. The number of benzene rings is 1. The van der Waals surface area contributed by atoms with Crippen LogP contribution in [-0.4, -0.2) is 13.4 Å². The SMILES string of the molecule is COc1c(C)ccc(Br)c1CCC=O. The van der Waals surface area contributed by atoms with Crippen LogP contribution in [0.5, 0.6) is 5.75 Å². The highest BCUT2D eigenvalue weighted by Crippen LogP contribution is 2.30. The average molecular weight is 257 g/mol. The molecule has 0 saturated heterocycles. The second-order valence-corrected chi connectivity index (χ2v) is 3.94. The molecule has 2 nitrogen and oxygen atoms in total. The summed E-state index contributed by atoms with van der Waals surface area (Å²) in [6.45, 7) is 2.00. The molecule has 1 aromatic rings. The molecule has 1 rings (SSSR count). The van der Waals surface area contributed by atoms with Crippen molar-refractivity contribution in [1.82, 2.24) is 0 Å². The smallest absolute Gasteiger partial charge is 0.126 e. The molecule has 0 unspecified atom stereocenters. The Hall–Kier alpha value is -0.830. The maximum atomic E-state index is 10.3. The minimum atomic E-state index is 0.526. The van der Waals surface area contributed by atoms with Gasteiger partial charge >= 0.3 is 0 Å². The molecule has 0 heterocycles. The van der Waals surface area contributed by atoms with Crippen LogP contribution >= 0.6 is 15.9 Å². The van der Waals surface area contributed by atoms with Gasteiger partial charge in [-0.15, -0.1) is 0 Å². The van der Waals surface area contributed by atoms with E-state index in [9.17, 15) is 4.79 Å². The van der Waals surface area contributed by atoms with Gasteiger partial charge < -0.3 is 9.53 Å². The zero-order chi connectivity index (χ0) is 10.6. The van der Waals surface area contributed by atoms with Crippen LogP contribution in [0.15, 0.2) is 16.6 Å². The van der Waals surface area contributed by atoms with E-state index < -0.39 is 0 Å². The highest BCUT2D eigenvalue weighted by molar-refractivity contribution is 9.10. The van der Waals surface area contributed by atoms with Gasteiger partial charge in [-0.1, -0.05) is 22.0 Å². The molecular weight excluding hydrogens is 244 g/mol. The van der Waals surface area contributed by atoms with Crippen LogP contribution in [0.1, 0.15) is 17.5 Å². The maximum absolute atomic E-state index is 10.3. The van der Waals surface area contributed by atoms with E-state index in [-0.39, 0.29) is 0 Å². The first-order valence-corrected chi connectivity index (χ1v) is 5.25. The summed E-state index contributed by atoms with van der Waals surface area (Å²) in [6, 6.07) is 3.98. The van der Waals surface area contributed by atoms with Crippen LogP contribution in [-0.2, 0) is 11.2 Å². The van der Waals surface area contributed by atoms with Gasteiger partial charge in [0.05, 0.1) is 7.11 Å². The molecule has 0 amide bonds. The third-order valence-corrected chi connectivity index (χ3v) is 2.86. The Morgan fingerprint density at radius 1 is 1.50 bits per heavy atom. The van der Waals surface area contributed by atoms with Crippen molar-refractivity contribution in [1.29, 1.82) is 0 Å². The third-order valence-electron chi connectivity index (χ3n) is 2.12. The lowest BCUT2D eigenvalue weighted by Crippen LogP contribution is -1.96. The first-order chi connectivity index (χ1) is 6.70. The van der Waals surface area contributed by atoms with Gasteiger partial charge in [-0.25, -0.2) is 0 Å². The Labute approximate surface area is 92.4 Å². The van der Waals surface area contributed by atoms with Crippen LogP contribution in [0.3, 0.4) is 0 Å². The number of carbonyl (C=O) groups excluding carboxylic acids is 1. The lowest BCUT2D eigenvalue weighted by molar-refractivity contribution is -0.107. The lowest BCUT2D eigenvalue weighted by Gasteiger charge is -2.12. The molecule has 0 aliphatic rings. The Morgan fingerprint density at radius 3 is 2.79 bits per heavy atom. The first-order valence-electron chi connectivity index (χ1n) is 4.46. The van der Waals surface area contributed by atoms with Gasteiger partial charge in [-0.2, -0.15) is 0 Å². The van der Waals surface area contributed by atoms with Gasteiger partial charge in [0.25, 0.3) is 0 Å². The molecule has 3 heteroatoms. The van der Waals surface area contributed by atoms with E-state index in [1.54, 1.807) is 7.11 Å². The molecule has 0 aliphatic heterocycles. The van der Waals surface area contributed by atoms with Crippen LogP contribution in [0, 0.1) is 6.92 Å². The van der Waals surface area contributed by atoms with Crippen molar-refractivity contribution in [2.75, 3.05) is 7.11 Å². The van der Waals surface area contributed by atoms with Gasteiger partial charge in [0.15, 0.2) is 0 Å². The van der Waals surface area contributed by atoms with E-state index in [2.05, 4.69) is 15.9 Å². The monoisotopic (exact) mass is 256 g/mol. The molecule has 0 fully saturated rings. The zero-order valence-electron chi connectivity index (χ0n) is 8.34. The lowest BCUT2D eigenvalue weighted by atomic mass is 10.1. The molecule has 1 aromatic carbocycles. The quantitative estimate of drug-likeness (QED) is 0.775. The number of hydrogen-bond acceptors (Lipinski definition) is 2. The fraction of sp³-hybridized carbons (Fsp3) is 0.364. The van der Waals surface area contributed by atoms with E-state index >= 15 is 0 Å². The van der Waals surface area contributed by atoms with E-state index in [4.69, 9.17) is 4.74 Å². The van der Waals surface area contributed by atoms with Crippen molar-refractivity contribution in [2.45, 2.75) is 19.8 Å². The first kappa shape index (κ1) is 11.2. The molecule has 0 bridgehead atoms. The van der Waals surface area contributed by atoms with Gasteiger partial charge in [0.1, 0.15) is 12.0 Å². The number of hydrogen-bond donors (Lipinski definition) is 0. The molecular formula is C11H13BrO2. The number of carbonyl (C=O) groups is 1. The summed E-state index contributed by atoms with van der Waals surface area (Å²) in [5.41, 5.74) is 2.16. The van der Waals surface area contributed by atoms with E-state index in [0.29, 0.717) is 6.42 Å². The number of halogens is 1. The second kappa shape index (κ2) is 5.15. The minimum Gasteiger partial charge on any atom is -0.496 e. The molecule has 0 radical (unpaired) electrons. The topological polar surface area (TPSA) is 26.3 Å². The minimum absolute atomic E-state index is 0.526. The van der Waals surface area contributed by atoms with Crippen LogP contribution in [0.2, 0.25) is 0 Å². The Kier molecular flexibility index (Phi) is 4.14. The summed E-state index contributed by atoms with van der Waals surface area (Å²) in [5, 5.41) is 0. The van der Waals surface area contributed by atoms with Crippen molar-refractivity contribution in [3.8, 4) is 5.75 Å². The predicted octanol–water partition coefficient (Wildman–Crippen LogP) is 2.90. The molecule has 0 atom stereocenters. The van der Waals surface area contributed by atoms with E-state index in [0.717, 1.165) is 34.1 Å². The molecule has 0 saturated carbocycles. The fourth-order valence-corrected chi connectivity index (χ4v) is 1.95. The van der Waals surface area contributed by atoms with E-state index in [1.807, 2.05) is 19.1 Å². The molecule has 0 N–H and O–H groups in total. The summed E-state index contributed by atoms with van der Waals surface area (Å²) >= 11 is 3.46. The molecule has 0 aromatic heterocycles. The number of aldehydes is 1. The zero-order valence-corrected chi connectivity index (χ0v) is 9.93. The standard InChI is InChI=1S/C11H13BrO2/c1-8-5-6-10(12)9(4-3-7-13)11(8)14-2/h5-7H,3-4H2,1-2H3. The third kappa shape index (κ3) is 2.35. The summed E-state index contributed by atoms with van der Waals surface area (Å²) in [6.07, 6.45) is 2.17. The van der Waals surface area contributed by atoms with Crippen molar-refractivity contribution >= 4 is 22.2 Å². The van der Waals surface area contributed by atoms with Crippen molar-refractivity contribution < 1.29 is 9.53 Å². The Morgan fingerprint density at radius 2 is 2.21 bits per heavy atom. The Bertz CT molecular complexity index is 334. The van der Waals surface area contributed by atoms with Crippen molar-refractivity contribution in [3.63, 3.8) is 0 Å². The summed E-state index contributed by atoms with van der Waals surface area (Å²) in [4.78, 5) is 10.3. The molecule has 76 valence electrons. The number of aryl methyl sites for hydroxylation is 1. The van der Waals surface area contributed by atoms with Crippen molar-refractivity contribution in [2.24, 2.45) is 0 Å². The van der Waals surface area contributed by atoms with Gasteiger partial charge in [0, 0.05) is 16.5 Å². The fourth-order valence-electron chi connectivity index (χ4n) is 1.44. The second-order valence-electron chi connectivity index (χ2n) is 3.08. The van der Waals surface area contributed by atoms with Crippen LogP contribution in [0.25, 0.3) is 0 Å². The maximum Gasteiger partial charge on any atom is 0.126 e. The largest absolute Gasteiger partial charge is 0.496 e. The van der Waals surface area contributed by atoms with Gasteiger partial charge in [-0.05, 0) is 25.0 Å². The summed E-state index contributed by atoms with van der Waals surface area (Å²) < 4.78 is 6.31. The van der Waals surface area contributed by atoms with Crippen LogP contribution < -0.4 is 4.74 Å². The summed E-state index contributed by atoms with van der Waals surface area (Å²) in [7, 11) is 1.65. The Balaban J connectivity index is 3.08.